The molecule has 2 rings (SSSR count). The molecule has 76 valence electrons. The summed E-state index contributed by atoms with van der Waals surface area (Å²) < 4.78 is 0. The predicted molar refractivity (Wildman–Crippen MR) is 58.3 cm³/mol. The molecule has 1 aliphatic carbocycles. The molecule has 1 heteroatoms. The molecule has 0 saturated heterocycles. The molecule has 0 amide bonds. The van der Waals surface area contributed by atoms with Crippen LogP contribution >= 0.6 is 0 Å². The van der Waals surface area contributed by atoms with E-state index in [-0.39, 0.29) is 0 Å². The van der Waals surface area contributed by atoms with Crippen molar-refractivity contribution in [3.05, 3.63) is 34.9 Å². The lowest BCUT2D eigenvalue weighted by Crippen LogP contribution is -2.08. The van der Waals surface area contributed by atoms with Gasteiger partial charge in [-0.2, -0.15) is 0 Å². The molecule has 0 aliphatic heterocycles. The second-order valence-electron chi connectivity index (χ2n) is 4.23. The zero-order valence-electron chi connectivity index (χ0n) is 9.01. The summed E-state index contributed by atoms with van der Waals surface area (Å²) in [4.78, 5) is 0. The van der Waals surface area contributed by atoms with Crippen LogP contribution in [0.1, 0.15) is 43.4 Å². The Hall–Kier alpha value is -0.820. The van der Waals surface area contributed by atoms with Crippen molar-refractivity contribution in [2.75, 3.05) is 0 Å². The second kappa shape index (κ2) is 3.39. The normalized spacial score (nSPS) is 18.2. The first kappa shape index (κ1) is 9.72. The van der Waals surface area contributed by atoms with Crippen LogP contribution < -0.4 is 0 Å². The van der Waals surface area contributed by atoms with Gasteiger partial charge in [-0.05, 0) is 42.4 Å². The summed E-state index contributed by atoms with van der Waals surface area (Å²) in [7, 11) is 0. The van der Waals surface area contributed by atoms with E-state index in [4.69, 9.17) is 0 Å². The Labute approximate surface area is 85.8 Å². The Kier molecular flexibility index (Phi) is 2.36. The zero-order chi connectivity index (χ0) is 10.2. The van der Waals surface area contributed by atoms with Crippen LogP contribution in [0.2, 0.25) is 0 Å². The molecule has 1 aromatic rings. The minimum absolute atomic E-state index is 0.476. The minimum atomic E-state index is -0.476. The van der Waals surface area contributed by atoms with Crippen LogP contribution in [0.5, 0.6) is 0 Å². The van der Waals surface area contributed by atoms with Gasteiger partial charge in [0.15, 0.2) is 0 Å². The fourth-order valence-electron chi connectivity index (χ4n) is 1.97. The number of benzene rings is 1. The summed E-state index contributed by atoms with van der Waals surface area (Å²) in [6, 6.07) is 6.53. The topological polar surface area (TPSA) is 20.2 Å². The van der Waals surface area contributed by atoms with Crippen LogP contribution in [0.3, 0.4) is 0 Å². The highest BCUT2D eigenvalue weighted by atomic mass is 16.3. The summed E-state index contributed by atoms with van der Waals surface area (Å²) in [5.74, 6) is 0. The van der Waals surface area contributed by atoms with Gasteiger partial charge in [-0.15, -0.1) is 0 Å². The number of aryl methyl sites for hydroxylation is 2. The van der Waals surface area contributed by atoms with E-state index in [2.05, 4.69) is 32.0 Å². The standard InChI is InChI=1S/C13H18O/c1-3-10-5-6-11(4-2)12(9-10)13(14)7-8-13/h5-6,9,14H,3-4,7-8H2,1-2H3. The summed E-state index contributed by atoms with van der Waals surface area (Å²) >= 11 is 0. The van der Waals surface area contributed by atoms with Crippen molar-refractivity contribution >= 4 is 0 Å². The third kappa shape index (κ3) is 1.57. The largest absolute Gasteiger partial charge is 0.385 e. The Bertz CT molecular complexity index is 337. The molecule has 0 atom stereocenters. The molecule has 1 aromatic carbocycles. The van der Waals surface area contributed by atoms with Gasteiger partial charge in [0, 0.05) is 0 Å². The maximum atomic E-state index is 10.1. The van der Waals surface area contributed by atoms with Gasteiger partial charge in [-0.25, -0.2) is 0 Å². The van der Waals surface area contributed by atoms with Crippen LogP contribution in [0.25, 0.3) is 0 Å². The maximum Gasteiger partial charge on any atom is 0.0901 e. The lowest BCUT2D eigenvalue weighted by molar-refractivity contribution is 0.150. The molecular weight excluding hydrogens is 172 g/mol. The Morgan fingerprint density at radius 2 is 1.93 bits per heavy atom. The maximum absolute atomic E-state index is 10.1. The van der Waals surface area contributed by atoms with Crippen LogP contribution in [0.15, 0.2) is 18.2 Å². The van der Waals surface area contributed by atoms with E-state index in [1.54, 1.807) is 0 Å². The van der Waals surface area contributed by atoms with Crippen LogP contribution in [-0.4, -0.2) is 5.11 Å². The Morgan fingerprint density at radius 1 is 1.21 bits per heavy atom. The fraction of sp³-hybridized carbons (Fsp3) is 0.538. The number of aliphatic hydroxyl groups is 1. The Morgan fingerprint density at radius 3 is 2.43 bits per heavy atom. The molecule has 0 bridgehead atoms. The number of hydrogen-bond donors (Lipinski definition) is 1. The van der Waals surface area contributed by atoms with Crippen molar-refractivity contribution in [3.8, 4) is 0 Å². The van der Waals surface area contributed by atoms with Gasteiger partial charge < -0.3 is 5.11 Å². The van der Waals surface area contributed by atoms with Gasteiger partial charge >= 0.3 is 0 Å². The highest BCUT2D eigenvalue weighted by Gasteiger charge is 2.43. The molecule has 0 spiro atoms. The number of rotatable bonds is 3. The fourth-order valence-corrected chi connectivity index (χ4v) is 1.97. The highest BCUT2D eigenvalue weighted by molar-refractivity contribution is 5.39. The molecule has 1 N–H and O–H groups in total. The third-order valence-electron chi connectivity index (χ3n) is 3.19. The minimum Gasteiger partial charge on any atom is -0.385 e. The predicted octanol–water partition coefficient (Wildman–Crippen LogP) is 2.79. The van der Waals surface area contributed by atoms with E-state index in [1.807, 2.05) is 0 Å². The monoisotopic (exact) mass is 190 g/mol. The van der Waals surface area contributed by atoms with Crippen LogP contribution in [-0.2, 0) is 18.4 Å². The van der Waals surface area contributed by atoms with Crippen LogP contribution in [0, 0.1) is 0 Å². The average Bonchev–Trinajstić information content (AvgIpc) is 2.97. The van der Waals surface area contributed by atoms with E-state index in [1.165, 1.54) is 16.7 Å². The van der Waals surface area contributed by atoms with E-state index in [0.717, 1.165) is 25.7 Å². The van der Waals surface area contributed by atoms with Gasteiger partial charge in [0.05, 0.1) is 5.60 Å². The molecule has 0 unspecified atom stereocenters. The molecule has 0 heterocycles. The second-order valence-corrected chi connectivity index (χ2v) is 4.23. The first-order valence-corrected chi connectivity index (χ1v) is 5.54. The molecule has 0 aromatic heterocycles. The van der Waals surface area contributed by atoms with Gasteiger partial charge in [0.1, 0.15) is 0 Å². The summed E-state index contributed by atoms with van der Waals surface area (Å²) in [5.41, 5.74) is 3.34. The highest BCUT2D eigenvalue weighted by Crippen LogP contribution is 2.46. The van der Waals surface area contributed by atoms with Crippen molar-refractivity contribution in [1.29, 1.82) is 0 Å². The molecular formula is C13H18O. The van der Waals surface area contributed by atoms with Gasteiger partial charge in [0.2, 0.25) is 0 Å². The van der Waals surface area contributed by atoms with Crippen molar-refractivity contribution in [2.45, 2.75) is 45.1 Å². The zero-order valence-corrected chi connectivity index (χ0v) is 9.01. The third-order valence-corrected chi connectivity index (χ3v) is 3.19. The van der Waals surface area contributed by atoms with Crippen LogP contribution in [0.4, 0.5) is 0 Å². The quantitative estimate of drug-likeness (QED) is 0.777. The SMILES string of the molecule is CCc1ccc(CC)c(C2(O)CC2)c1. The molecule has 1 aliphatic rings. The van der Waals surface area contributed by atoms with Crippen molar-refractivity contribution in [2.24, 2.45) is 0 Å². The summed E-state index contributed by atoms with van der Waals surface area (Å²) in [6.45, 7) is 4.30. The van der Waals surface area contributed by atoms with E-state index >= 15 is 0 Å². The van der Waals surface area contributed by atoms with Crippen molar-refractivity contribution in [1.82, 2.24) is 0 Å². The summed E-state index contributed by atoms with van der Waals surface area (Å²) in [5, 5.41) is 10.1. The Balaban J connectivity index is 2.43. The molecule has 1 fully saturated rings. The molecule has 14 heavy (non-hydrogen) atoms. The average molecular weight is 190 g/mol. The lowest BCUT2D eigenvalue weighted by Gasteiger charge is -2.14. The van der Waals surface area contributed by atoms with E-state index in [0.29, 0.717) is 0 Å². The van der Waals surface area contributed by atoms with E-state index < -0.39 is 5.60 Å². The molecule has 1 saturated carbocycles. The van der Waals surface area contributed by atoms with Gasteiger partial charge in [0.25, 0.3) is 0 Å². The first-order valence-electron chi connectivity index (χ1n) is 5.54. The van der Waals surface area contributed by atoms with Crippen molar-refractivity contribution in [3.63, 3.8) is 0 Å². The number of hydrogen-bond acceptors (Lipinski definition) is 1. The molecule has 1 nitrogen and oxygen atoms in total. The summed E-state index contributed by atoms with van der Waals surface area (Å²) in [6.07, 6.45) is 3.94. The first-order chi connectivity index (χ1) is 6.69. The van der Waals surface area contributed by atoms with Gasteiger partial charge in [-0.1, -0.05) is 32.0 Å². The smallest absolute Gasteiger partial charge is 0.0901 e. The van der Waals surface area contributed by atoms with Gasteiger partial charge in [-0.3, -0.25) is 0 Å². The van der Waals surface area contributed by atoms with E-state index in [9.17, 15) is 5.11 Å². The lowest BCUT2D eigenvalue weighted by atomic mass is 9.95. The molecule has 0 radical (unpaired) electrons. The van der Waals surface area contributed by atoms with Crippen molar-refractivity contribution < 1.29 is 5.11 Å².